The van der Waals surface area contributed by atoms with Gasteiger partial charge in [0.25, 0.3) is 0 Å². The number of nitrogens with one attached hydrogen (secondary N) is 2. The van der Waals surface area contributed by atoms with Gasteiger partial charge < -0.3 is 49.5 Å². The molecule has 0 bridgehead atoms. The predicted molar refractivity (Wildman–Crippen MR) is 116 cm³/mol. The summed E-state index contributed by atoms with van der Waals surface area (Å²) in [6.07, 6.45) is 0.200. The molecular weight excluding hydrogens is 426 g/mol. The Labute approximate surface area is 184 Å². The molecule has 15 nitrogen and oxygen atoms in total. The first-order valence-corrected chi connectivity index (χ1v) is 9.85. The third-order valence-corrected chi connectivity index (χ3v) is 4.14. The van der Waals surface area contributed by atoms with Crippen LogP contribution in [0.25, 0.3) is 0 Å². The SMILES string of the molecule is NC(N)=NCCC[C@@H](N)C(=O)N[C@@H](CCC(=O)O)C(=O)N[C@@H](CCCN=C(N)N)C(=O)O. The van der Waals surface area contributed by atoms with E-state index in [0.29, 0.717) is 6.42 Å². The highest BCUT2D eigenvalue weighted by Gasteiger charge is 2.28. The molecule has 0 aromatic rings. The molecule has 0 rings (SSSR count). The Hall–Kier alpha value is -3.62. The van der Waals surface area contributed by atoms with E-state index in [4.69, 9.17) is 33.8 Å². The highest BCUT2D eigenvalue weighted by atomic mass is 16.4. The lowest BCUT2D eigenvalue weighted by Gasteiger charge is -2.22. The quantitative estimate of drug-likeness (QED) is 0.0615. The molecule has 0 aliphatic carbocycles. The van der Waals surface area contributed by atoms with Crippen LogP contribution in [0.1, 0.15) is 38.5 Å². The molecule has 0 heterocycles. The summed E-state index contributed by atoms with van der Waals surface area (Å²) in [5.41, 5.74) is 26.6. The number of carboxylic acid groups (broad SMARTS) is 2. The molecule has 3 atom stereocenters. The first-order chi connectivity index (χ1) is 14.9. The molecule has 0 saturated heterocycles. The standard InChI is InChI=1S/C17H33N9O6/c18-9(3-1-7-23-16(19)20)13(29)25-10(5-6-12(27)28)14(30)26-11(15(31)32)4-2-8-24-17(21)22/h9-11H,1-8,18H2,(H,25,29)(H,26,30)(H,27,28)(H,31,32)(H4,19,20,23)(H4,21,22,24)/t9-,10+,11+/m1/s1. The van der Waals surface area contributed by atoms with Gasteiger partial charge in [-0.25, -0.2) is 4.79 Å². The molecule has 2 amide bonds. The van der Waals surface area contributed by atoms with Crippen LogP contribution in [-0.4, -0.2) is 77.1 Å². The van der Waals surface area contributed by atoms with E-state index in [1.807, 2.05) is 0 Å². The van der Waals surface area contributed by atoms with Gasteiger partial charge in [0, 0.05) is 19.5 Å². The van der Waals surface area contributed by atoms with Crippen molar-refractivity contribution in [3.05, 3.63) is 0 Å². The Morgan fingerprint density at radius 3 is 1.72 bits per heavy atom. The van der Waals surface area contributed by atoms with Crippen molar-refractivity contribution in [3.63, 3.8) is 0 Å². The minimum atomic E-state index is -1.30. The largest absolute Gasteiger partial charge is 0.481 e. The van der Waals surface area contributed by atoms with Gasteiger partial charge in [0.15, 0.2) is 11.9 Å². The minimum absolute atomic E-state index is 0.0156. The smallest absolute Gasteiger partial charge is 0.326 e. The predicted octanol–water partition coefficient (Wildman–Crippen LogP) is -3.66. The minimum Gasteiger partial charge on any atom is -0.481 e. The van der Waals surface area contributed by atoms with Gasteiger partial charge in [-0.1, -0.05) is 0 Å². The number of carbonyl (C=O) groups excluding carboxylic acids is 2. The highest BCUT2D eigenvalue weighted by Crippen LogP contribution is 2.05. The number of aliphatic carboxylic acids is 2. The Balaban J connectivity index is 5.00. The number of nitrogens with two attached hydrogens (primary N) is 5. The van der Waals surface area contributed by atoms with Crippen LogP contribution in [0.15, 0.2) is 9.98 Å². The fraction of sp³-hybridized carbons (Fsp3) is 0.647. The van der Waals surface area contributed by atoms with E-state index >= 15 is 0 Å². The second kappa shape index (κ2) is 15.2. The van der Waals surface area contributed by atoms with Crippen molar-refractivity contribution >= 4 is 35.7 Å². The van der Waals surface area contributed by atoms with E-state index in [0.717, 1.165) is 0 Å². The first kappa shape index (κ1) is 28.4. The van der Waals surface area contributed by atoms with Gasteiger partial charge in [-0.05, 0) is 32.1 Å². The van der Waals surface area contributed by atoms with Crippen molar-refractivity contribution in [2.45, 2.75) is 56.7 Å². The molecule has 0 aromatic carbocycles. The molecular formula is C17H33N9O6. The van der Waals surface area contributed by atoms with Crippen LogP contribution >= 0.6 is 0 Å². The number of nitrogens with zero attached hydrogens (tertiary/aromatic N) is 2. The fourth-order valence-corrected chi connectivity index (χ4v) is 2.50. The third-order valence-electron chi connectivity index (χ3n) is 4.14. The van der Waals surface area contributed by atoms with Gasteiger partial charge in [0.05, 0.1) is 6.04 Å². The monoisotopic (exact) mass is 459 g/mol. The summed E-state index contributed by atoms with van der Waals surface area (Å²) in [5.74, 6) is -4.28. The van der Waals surface area contributed by atoms with Crippen LogP contribution in [-0.2, 0) is 19.2 Å². The van der Waals surface area contributed by atoms with Crippen molar-refractivity contribution in [1.82, 2.24) is 10.6 Å². The Bertz CT molecular complexity index is 705. The van der Waals surface area contributed by atoms with E-state index in [2.05, 4.69) is 20.6 Å². The Morgan fingerprint density at radius 1 is 0.750 bits per heavy atom. The van der Waals surface area contributed by atoms with Crippen molar-refractivity contribution in [1.29, 1.82) is 0 Å². The van der Waals surface area contributed by atoms with Crippen LogP contribution in [0.2, 0.25) is 0 Å². The van der Waals surface area contributed by atoms with Gasteiger partial charge in [-0.2, -0.15) is 0 Å². The molecule has 0 fully saturated rings. The van der Waals surface area contributed by atoms with Crippen molar-refractivity contribution < 1.29 is 29.4 Å². The number of rotatable bonds is 16. The Kier molecular flexibility index (Phi) is 13.5. The van der Waals surface area contributed by atoms with Gasteiger partial charge >= 0.3 is 11.9 Å². The second-order valence-electron chi connectivity index (χ2n) is 6.90. The number of amides is 2. The molecule has 182 valence electrons. The summed E-state index contributed by atoms with van der Waals surface area (Å²) < 4.78 is 0. The van der Waals surface area contributed by atoms with E-state index < -0.39 is 48.3 Å². The van der Waals surface area contributed by atoms with E-state index in [9.17, 15) is 24.3 Å². The maximum absolute atomic E-state index is 12.6. The topological polar surface area (TPSA) is 288 Å². The number of guanidine groups is 2. The molecule has 0 unspecified atom stereocenters. The summed E-state index contributed by atoms with van der Waals surface area (Å²) >= 11 is 0. The van der Waals surface area contributed by atoms with E-state index in [-0.39, 0.29) is 50.7 Å². The molecule has 0 aliphatic rings. The zero-order chi connectivity index (χ0) is 24.7. The zero-order valence-corrected chi connectivity index (χ0v) is 17.7. The molecule has 0 spiro atoms. The van der Waals surface area contributed by atoms with Crippen molar-refractivity contribution in [3.8, 4) is 0 Å². The second-order valence-corrected chi connectivity index (χ2v) is 6.90. The molecule has 0 radical (unpaired) electrons. The number of hydrogen-bond donors (Lipinski definition) is 9. The molecule has 0 aromatic heterocycles. The molecule has 32 heavy (non-hydrogen) atoms. The summed E-state index contributed by atoms with van der Waals surface area (Å²) in [7, 11) is 0. The van der Waals surface area contributed by atoms with Crippen LogP contribution in [0, 0.1) is 0 Å². The summed E-state index contributed by atoms with van der Waals surface area (Å²) in [6, 6.07) is -3.57. The van der Waals surface area contributed by atoms with Crippen LogP contribution in [0.5, 0.6) is 0 Å². The van der Waals surface area contributed by atoms with Crippen molar-refractivity contribution in [2.75, 3.05) is 13.1 Å². The van der Waals surface area contributed by atoms with Crippen molar-refractivity contribution in [2.24, 2.45) is 38.7 Å². The number of hydrogen-bond acceptors (Lipinski definition) is 7. The molecule has 14 N–H and O–H groups in total. The molecule has 0 saturated carbocycles. The molecule has 15 heteroatoms. The average molecular weight is 460 g/mol. The maximum atomic E-state index is 12.6. The lowest BCUT2D eigenvalue weighted by atomic mass is 10.1. The van der Waals surface area contributed by atoms with E-state index in [1.54, 1.807) is 0 Å². The van der Waals surface area contributed by atoms with Crippen LogP contribution in [0.4, 0.5) is 0 Å². The lowest BCUT2D eigenvalue weighted by molar-refractivity contribution is -0.143. The van der Waals surface area contributed by atoms with Gasteiger partial charge in [0.1, 0.15) is 12.1 Å². The summed E-state index contributed by atoms with van der Waals surface area (Å²) in [4.78, 5) is 54.7. The van der Waals surface area contributed by atoms with Gasteiger partial charge in [-0.15, -0.1) is 0 Å². The Morgan fingerprint density at radius 2 is 1.25 bits per heavy atom. The number of carbonyl (C=O) groups is 4. The number of aliphatic imine (C=N–C) groups is 2. The summed E-state index contributed by atoms with van der Waals surface area (Å²) in [6.45, 7) is 0.419. The fourth-order valence-electron chi connectivity index (χ4n) is 2.50. The van der Waals surface area contributed by atoms with E-state index in [1.165, 1.54) is 0 Å². The number of carboxylic acids is 2. The first-order valence-electron chi connectivity index (χ1n) is 9.85. The normalized spacial score (nSPS) is 13.2. The maximum Gasteiger partial charge on any atom is 0.326 e. The zero-order valence-electron chi connectivity index (χ0n) is 17.7. The van der Waals surface area contributed by atoms with Gasteiger partial charge in [0.2, 0.25) is 11.8 Å². The average Bonchev–Trinajstić information content (AvgIpc) is 2.69. The van der Waals surface area contributed by atoms with Crippen LogP contribution < -0.4 is 39.3 Å². The lowest BCUT2D eigenvalue weighted by Crippen LogP contribution is -2.54. The van der Waals surface area contributed by atoms with Gasteiger partial charge in [-0.3, -0.25) is 24.4 Å². The van der Waals surface area contributed by atoms with Crippen LogP contribution in [0.3, 0.4) is 0 Å². The highest BCUT2D eigenvalue weighted by molar-refractivity contribution is 5.92. The molecule has 0 aliphatic heterocycles. The summed E-state index contributed by atoms with van der Waals surface area (Å²) in [5, 5.41) is 22.9. The third kappa shape index (κ3) is 13.6.